The first-order valence-corrected chi connectivity index (χ1v) is 8.15. The largest absolute Gasteiger partial charge is 0.491 e. The van der Waals surface area contributed by atoms with Crippen molar-refractivity contribution in [1.82, 2.24) is 4.57 Å². The average Bonchev–Trinajstić information content (AvgIpc) is 3.37. The molecule has 1 saturated carbocycles. The van der Waals surface area contributed by atoms with E-state index >= 15 is 0 Å². The molecule has 0 unspecified atom stereocenters. The highest BCUT2D eigenvalue weighted by molar-refractivity contribution is 6.00. The van der Waals surface area contributed by atoms with Gasteiger partial charge in [0.2, 0.25) is 17.1 Å². The van der Waals surface area contributed by atoms with Gasteiger partial charge in [-0.05, 0) is 26.2 Å². The number of carbonyl (C=O) groups is 1. The Morgan fingerprint density at radius 3 is 2.37 bits per heavy atom. The highest BCUT2D eigenvalue weighted by atomic mass is 19.2. The van der Waals surface area contributed by atoms with E-state index in [1.54, 1.807) is 0 Å². The molecule has 2 aromatic rings. The molecule has 3 rings (SSSR count). The van der Waals surface area contributed by atoms with Gasteiger partial charge < -0.3 is 14.4 Å². The number of methoxy groups -OCH3 is 1. The highest BCUT2D eigenvalue weighted by Gasteiger charge is 2.47. The topological polar surface area (TPSA) is 112 Å². The molecule has 0 atom stereocenters. The van der Waals surface area contributed by atoms with Crippen molar-refractivity contribution in [3.8, 4) is 5.75 Å². The number of hydrogen-bond donors (Lipinski definition) is 1. The zero-order valence-corrected chi connectivity index (χ0v) is 14.8. The number of ether oxygens (including phenoxy) is 1. The average molecular weight is 382 g/mol. The molecule has 1 fully saturated rings. The fourth-order valence-corrected chi connectivity index (χ4v) is 3.72. The number of nitrogens with zero attached hydrogens (tertiary/aromatic N) is 2. The Bertz CT molecular complexity index is 1070. The molecule has 1 N–H and O–H groups in total. The summed E-state index contributed by atoms with van der Waals surface area (Å²) in [5.41, 5.74) is -4.28. The van der Waals surface area contributed by atoms with Crippen molar-refractivity contribution in [3.05, 3.63) is 43.2 Å². The number of carboxylic acids is 1. The molecular formula is C17H16F2N2O6. The predicted molar refractivity (Wildman–Crippen MR) is 90.5 cm³/mol. The summed E-state index contributed by atoms with van der Waals surface area (Å²) in [5, 5.41) is 20.1. The van der Waals surface area contributed by atoms with Crippen LogP contribution in [0.5, 0.6) is 5.75 Å². The first kappa shape index (κ1) is 18.7. The van der Waals surface area contributed by atoms with E-state index < -0.39 is 55.9 Å². The first-order valence-electron chi connectivity index (χ1n) is 8.15. The van der Waals surface area contributed by atoms with Crippen LogP contribution in [-0.4, -0.2) is 27.7 Å². The number of benzene rings is 1. The Labute approximate surface area is 151 Å². The molecule has 10 heteroatoms. The second-order valence-electron chi connectivity index (χ2n) is 6.50. The number of rotatable bonds is 5. The van der Waals surface area contributed by atoms with Gasteiger partial charge in [-0.2, -0.15) is 8.78 Å². The van der Waals surface area contributed by atoms with E-state index in [1.807, 2.05) is 6.92 Å². The van der Waals surface area contributed by atoms with E-state index in [1.165, 1.54) is 11.5 Å². The van der Waals surface area contributed by atoms with Crippen LogP contribution in [0.3, 0.4) is 0 Å². The van der Waals surface area contributed by atoms with Crippen LogP contribution in [0.15, 0.2) is 4.79 Å². The van der Waals surface area contributed by atoms with E-state index in [9.17, 15) is 33.6 Å². The summed E-state index contributed by atoms with van der Waals surface area (Å²) < 4.78 is 35.2. The molecule has 8 nitrogen and oxygen atoms in total. The van der Waals surface area contributed by atoms with Crippen molar-refractivity contribution in [2.75, 3.05) is 7.11 Å². The van der Waals surface area contributed by atoms with E-state index in [0.29, 0.717) is 19.3 Å². The molecule has 0 aliphatic heterocycles. The molecular weight excluding hydrogens is 366 g/mol. The monoisotopic (exact) mass is 382 g/mol. The maximum absolute atomic E-state index is 14.5. The molecule has 144 valence electrons. The number of carboxylic acid groups (broad SMARTS) is 1. The summed E-state index contributed by atoms with van der Waals surface area (Å²) in [4.78, 5) is 34.7. The summed E-state index contributed by atoms with van der Waals surface area (Å²) in [5.74, 6) is -5.73. The lowest BCUT2D eigenvalue weighted by Crippen LogP contribution is -2.29. The minimum Gasteiger partial charge on any atom is -0.491 e. The van der Waals surface area contributed by atoms with Gasteiger partial charge in [0, 0.05) is 11.2 Å². The number of pyridine rings is 1. The lowest BCUT2D eigenvalue weighted by molar-refractivity contribution is -0.386. The number of hydrogen-bond acceptors (Lipinski definition) is 5. The maximum Gasteiger partial charge on any atom is 0.341 e. The molecule has 1 aromatic carbocycles. The number of aromatic carboxylic acids is 1. The molecule has 0 bridgehead atoms. The molecule has 0 saturated heterocycles. The molecule has 1 aliphatic carbocycles. The van der Waals surface area contributed by atoms with Crippen LogP contribution in [0.25, 0.3) is 10.9 Å². The number of halogens is 2. The summed E-state index contributed by atoms with van der Waals surface area (Å²) in [7, 11) is 1.05. The molecule has 0 spiro atoms. The Kier molecular flexibility index (Phi) is 4.16. The lowest BCUT2D eigenvalue weighted by atomic mass is 10.0. The van der Waals surface area contributed by atoms with Gasteiger partial charge in [0.1, 0.15) is 16.5 Å². The van der Waals surface area contributed by atoms with Gasteiger partial charge >= 0.3 is 11.7 Å². The Hall–Kier alpha value is -3.04. The number of aromatic nitrogens is 1. The van der Waals surface area contributed by atoms with Gasteiger partial charge in [0.15, 0.2) is 5.75 Å². The molecule has 27 heavy (non-hydrogen) atoms. The SMILES string of the molecule is CCC1(n2c(C)c(C(=O)O)c(=O)c3c([N+](=O)[O-])c(F)c(F)c(OC)c32)CC1. The van der Waals surface area contributed by atoms with Crippen molar-refractivity contribution < 1.29 is 28.3 Å². The van der Waals surface area contributed by atoms with Crippen LogP contribution < -0.4 is 10.2 Å². The van der Waals surface area contributed by atoms with Gasteiger partial charge in [0.25, 0.3) is 0 Å². The zero-order chi connectivity index (χ0) is 20.3. The summed E-state index contributed by atoms with van der Waals surface area (Å²) >= 11 is 0. The second kappa shape index (κ2) is 6.00. The minimum atomic E-state index is -1.87. The van der Waals surface area contributed by atoms with Crippen molar-refractivity contribution in [2.24, 2.45) is 0 Å². The quantitative estimate of drug-likeness (QED) is 0.628. The molecule has 1 aliphatic rings. The third-order valence-corrected chi connectivity index (χ3v) is 5.22. The van der Waals surface area contributed by atoms with Crippen LogP contribution in [0, 0.1) is 28.7 Å². The minimum absolute atomic E-state index is 0.0120. The molecule has 0 radical (unpaired) electrons. The summed E-state index contributed by atoms with van der Waals surface area (Å²) in [6.07, 6.45) is 1.69. The van der Waals surface area contributed by atoms with Crippen molar-refractivity contribution in [2.45, 2.75) is 38.6 Å². The first-order chi connectivity index (χ1) is 12.6. The summed E-state index contributed by atoms with van der Waals surface area (Å²) in [6.45, 7) is 3.18. The van der Waals surface area contributed by atoms with Crippen molar-refractivity contribution >= 4 is 22.6 Å². The molecule has 1 heterocycles. The number of nitro benzene ring substituents is 1. The smallest absolute Gasteiger partial charge is 0.341 e. The second-order valence-corrected chi connectivity index (χ2v) is 6.50. The van der Waals surface area contributed by atoms with Gasteiger partial charge in [-0.15, -0.1) is 0 Å². The van der Waals surface area contributed by atoms with Crippen LogP contribution in [0.4, 0.5) is 14.5 Å². The lowest BCUT2D eigenvalue weighted by Gasteiger charge is -2.26. The van der Waals surface area contributed by atoms with E-state index in [2.05, 4.69) is 0 Å². The highest BCUT2D eigenvalue weighted by Crippen LogP contribution is 2.51. The third kappa shape index (κ3) is 2.39. The van der Waals surface area contributed by atoms with Crippen LogP contribution in [0.2, 0.25) is 0 Å². The van der Waals surface area contributed by atoms with Crippen molar-refractivity contribution in [1.29, 1.82) is 0 Å². The van der Waals surface area contributed by atoms with Gasteiger partial charge in [-0.3, -0.25) is 14.9 Å². The predicted octanol–water partition coefficient (Wildman–Crippen LogP) is 3.10. The van der Waals surface area contributed by atoms with Gasteiger partial charge in [-0.25, -0.2) is 4.79 Å². The maximum atomic E-state index is 14.5. The number of nitro groups is 1. The van der Waals surface area contributed by atoms with E-state index in [0.717, 1.165) is 7.11 Å². The third-order valence-electron chi connectivity index (χ3n) is 5.22. The van der Waals surface area contributed by atoms with E-state index in [-0.39, 0.29) is 11.2 Å². The van der Waals surface area contributed by atoms with Gasteiger partial charge in [0.05, 0.1) is 12.0 Å². The van der Waals surface area contributed by atoms with Crippen LogP contribution in [0.1, 0.15) is 42.2 Å². The van der Waals surface area contributed by atoms with Crippen molar-refractivity contribution in [3.63, 3.8) is 0 Å². The molecule has 1 aromatic heterocycles. The summed E-state index contributed by atoms with van der Waals surface area (Å²) in [6, 6.07) is 0. The molecule has 0 amide bonds. The fraction of sp³-hybridized carbons (Fsp3) is 0.412. The Morgan fingerprint density at radius 2 is 1.96 bits per heavy atom. The Balaban J connectivity index is 2.75. The zero-order valence-electron chi connectivity index (χ0n) is 14.8. The fourth-order valence-electron chi connectivity index (χ4n) is 3.72. The van der Waals surface area contributed by atoms with Crippen LogP contribution in [-0.2, 0) is 5.54 Å². The van der Waals surface area contributed by atoms with Crippen LogP contribution >= 0.6 is 0 Å². The van der Waals surface area contributed by atoms with Gasteiger partial charge in [-0.1, -0.05) is 6.92 Å². The normalized spacial score (nSPS) is 15.0. The number of fused-ring (bicyclic) bond motifs is 1. The van der Waals surface area contributed by atoms with E-state index in [4.69, 9.17) is 4.74 Å². The standard InChI is InChI=1S/C17H16F2N2O6/c1-4-17(5-6-17)20-7(2)8(16(23)24)14(22)9-12(21(25)26)10(18)11(19)15(27-3)13(9)20/h4-6H2,1-3H3,(H,23,24). The Morgan fingerprint density at radius 1 is 1.37 bits per heavy atom.